The summed E-state index contributed by atoms with van der Waals surface area (Å²) in [7, 11) is 0. The zero-order chi connectivity index (χ0) is 9.42. The van der Waals surface area contributed by atoms with Crippen molar-refractivity contribution in [2.75, 3.05) is 0 Å². The number of nitrogens with one attached hydrogen (secondary N) is 1. The molecule has 2 nitrogen and oxygen atoms in total. The van der Waals surface area contributed by atoms with E-state index in [0.29, 0.717) is 12.0 Å². The van der Waals surface area contributed by atoms with Crippen LogP contribution in [0, 0.1) is 5.92 Å². The lowest BCUT2D eigenvalue weighted by atomic mass is 9.94. The Hall–Kier alpha value is -1.05. The molecule has 0 saturated carbocycles. The molecule has 1 atom stereocenters. The van der Waals surface area contributed by atoms with Crippen LogP contribution in [0.5, 0.6) is 0 Å². The van der Waals surface area contributed by atoms with Crippen molar-refractivity contribution in [2.45, 2.75) is 33.2 Å². The number of aromatic amines is 1. The van der Waals surface area contributed by atoms with E-state index < -0.39 is 0 Å². The predicted octanol–water partition coefficient (Wildman–Crippen LogP) is 2.40. The van der Waals surface area contributed by atoms with Gasteiger partial charge in [0, 0.05) is 29.6 Å². The van der Waals surface area contributed by atoms with Crippen molar-refractivity contribution >= 4 is 5.71 Å². The monoisotopic (exact) mass is 176 g/mol. The molecule has 2 heterocycles. The fourth-order valence-electron chi connectivity index (χ4n) is 1.92. The number of hydrogen-bond donors (Lipinski definition) is 1. The first-order chi connectivity index (χ1) is 6.18. The van der Waals surface area contributed by atoms with Crippen molar-refractivity contribution in [3.63, 3.8) is 0 Å². The summed E-state index contributed by atoms with van der Waals surface area (Å²) < 4.78 is 0. The second kappa shape index (κ2) is 3.02. The highest BCUT2D eigenvalue weighted by atomic mass is 14.8. The van der Waals surface area contributed by atoms with E-state index >= 15 is 0 Å². The first-order valence-electron chi connectivity index (χ1n) is 4.93. The number of H-pyrrole nitrogens is 1. The molecule has 0 radical (unpaired) electrons. The fraction of sp³-hybridized carbons (Fsp3) is 0.545. The van der Waals surface area contributed by atoms with E-state index in [1.807, 2.05) is 6.20 Å². The molecule has 2 rings (SSSR count). The predicted molar refractivity (Wildman–Crippen MR) is 55.3 cm³/mol. The minimum atomic E-state index is 0.434. The summed E-state index contributed by atoms with van der Waals surface area (Å²) in [6.07, 6.45) is 3.07. The summed E-state index contributed by atoms with van der Waals surface area (Å²) >= 11 is 0. The molecule has 0 amide bonds. The van der Waals surface area contributed by atoms with Crippen LogP contribution in [0.15, 0.2) is 17.3 Å². The molecule has 2 heteroatoms. The second-order valence-corrected chi connectivity index (χ2v) is 4.09. The van der Waals surface area contributed by atoms with Crippen LogP contribution < -0.4 is 0 Å². The molecule has 0 aromatic carbocycles. The molecule has 70 valence electrons. The summed E-state index contributed by atoms with van der Waals surface area (Å²) in [6, 6.07) is 2.57. The molecule has 0 unspecified atom stereocenters. The lowest BCUT2D eigenvalue weighted by molar-refractivity contribution is 0.697. The van der Waals surface area contributed by atoms with Gasteiger partial charge < -0.3 is 4.98 Å². The maximum atomic E-state index is 4.69. The van der Waals surface area contributed by atoms with E-state index in [-0.39, 0.29) is 0 Å². The van der Waals surface area contributed by atoms with Gasteiger partial charge in [-0.15, -0.1) is 0 Å². The number of hydrogen-bond acceptors (Lipinski definition) is 1. The van der Waals surface area contributed by atoms with E-state index in [0.717, 1.165) is 6.42 Å². The maximum absolute atomic E-state index is 4.69. The lowest BCUT2D eigenvalue weighted by Crippen LogP contribution is -2.21. The van der Waals surface area contributed by atoms with Crippen LogP contribution >= 0.6 is 0 Å². The molecule has 0 fully saturated rings. The molecule has 1 aromatic rings. The van der Waals surface area contributed by atoms with Gasteiger partial charge in [-0.1, -0.05) is 13.8 Å². The Kier molecular flexibility index (Phi) is 1.98. The SMILES string of the molecule is CC(C)C1=N[C@@H](C)Cc2[nH]ccc21. The van der Waals surface area contributed by atoms with Gasteiger partial charge in [0.2, 0.25) is 0 Å². The Morgan fingerprint density at radius 1 is 1.54 bits per heavy atom. The molecule has 0 bridgehead atoms. The Balaban J connectivity index is 2.45. The van der Waals surface area contributed by atoms with Gasteiger partial charge in [0.15, 0.2) is 0 Å². The molecule has 1 N–H and O–H groups in total. The molecule has 1 aliphatic rings. The van der Waals surface area contributed by atoms with Crippen LogP contribution in [-0.2, 0) is 6.42 Å². The Bertz CT molecular complexity index is 334. The van der Waals surface area contributed by atoms with Crippen molar-refractivity contribution in [1.29, 1.82) is 0 Å². The molecule has 0 aliphatic carbocycles. The molecule has 1 aromatic heterocycles. The maximum Gasteiger partial charge on any atom is 0.0529 e. The minimum absolute atomic E-state index is 0.434. The molecule has 0 spiro atoms. The summed E-state index contributed by atoms with van der Waals surface area (Å²) in [6.45, 7) is 6.58. The van der Waals surface area contributed by atoms with Gasteiger partial charge in [0.05, 0.1) is 6.04 Å². The van der Waals surface area contributed by atoms with Crippen LogP contribution in [0.4, 0.5) is 0 Å². The smallest absolute Gasteiger partial charge is 0.0529 e. The zero-order valence-electron chi connectivity index (χ0n) is 8.46. The highest BCUT2D eigenvalue weighted by Gasteiger charge is 2.20. The molecular formula is C11H16N2. The van der Waals surface area contributed by atoms with E-state index in [2.05, 4.69) is 31.8 Å². The van der Waals surface area contributed by atoms with Gasteiger partial charge in [0.1, 0.15) is 0 Å². The average Bonchev–Trinajstić information content (AvgIpc) is 2.49. The van der Waals surface area contributed by atoms with Gasteiger partial charge in [-0.25, -0.2) is 0 Å². The van der Waals surface area contributed by atoms with Crippen molar-refractivity contribution in [3.8, 4) is 0 Å². The van der Waals surface area contributed by atoms with Crippen LogP contribution in [0.2, 0.25) is 0 Å². The van der Waals surface area contributed by atoms with Gasteiger partial charge in [-0.05, 0) is 18.9 Å². The quantitative estimate of drug-likeness (QED) is 0.680. The minimum Gasteiger partial charge on any atom is -0.364 e. The highest BCUT2D eigenvalue weighted by Crippen LogP contribution is 2.21. The number of fused-ring (bicyclic) bond motifs is 1. The Labute approximate surface area is 79.1 Å². The van der Waals surface area contributed by atoms with Gasteiger partial charge in [-0.2, -0.15) is 0 Å². The molecule has 0 saturated heterocycles. The summed E-state index contributed by atoms with van der Waals surface area (Å²) in [5, 5.41) is 0. The topological polar surface area (TPSA) is 28.1 Å². The summed E-state index contributed by atoms with van der Waals surface area (Å²) in [4.78, 5) is 7.98. The van der Waals surface area contributed by atoms with Gasteiger partial charge >= 0.3 is 0 Å². The van der Waals surface area contributed by atoms with E-state index in [4.69, 9.17) is 4.99 Å². The van der Waals surface area contributed by atoms with Gasteiger partial charge in [0.25, 0.3) is 0 Å². The third kappa shape index (κ3) is 1.41. The number of rotatable bonds is 1. The lowest BCUT2D eigenvalue weighted by Gasteiger charge is -2.20. The molecule has 1 aliphatic heterocycles. The van der Waals surface area contributed by atoms with Crippen LogP contribution in [0.1, 0.15) is 32.0 Å². The van der Waals surface area contributed by atoms with Crippen molar-refractivity contribution in [2.24, 2.45) is 10.9 Å². The van der Waals surface area contributed by atoms with Crippen LogP contribution in [0.25, 0.3) is 0 Å². The number of nitrogens with zero attached hydrogens (tertiary/aromatic N) is 1. The van der Waals surface area contributed by atoms with Crippen molar-refractivity contribution in [1.82, 2.24) is 4.98 Å². The largest absolute Gasteiger partial charge is 0.364 e. The summed E-state index contributed by atoms with van der Waals surface area (Å²) in [5.74, 6) is 0.525. The van der Waals surface area contributed by atoms with E-state index in [9.17, 15) is 0 Å². The third-order valence-corrected chi connectivity index (χ3v) is 2.51. The third-order valence-electron chi connectivity index (χ3n) is 2.51. The molecular weight excluding hydrogens is 160 g/mol. The molecule has 13 heavy (non-hydrogen) atoms. The number of aliphatic imine (C=N–C) groups is 1. The normalized spacial score (nSPS) is 21.5. The first kappa shape index (κ1) is 8.54. The first-order valence-corrected chi connectivity index (χ1v) is 4.93. The van der Waals surface area contributed by atoms with Crippen LogP contribution in [-0.4, -0.2) is 16.7 Å². The number of aromatic nitrogens is 1. The van der Waals surface area contributed by atoms with Gasteiger partial charge in [-0.3, -0.25) is 4.99 Å². The van der Waals surface area contributed by atoms with Crippen LogP contribution in [0.3, 0.4) is 0 Å². The second-order valence-electron chi connectivity index (χ2n) is 4.09. The fourth-order valence-corrected chi connectivity index (χ4v) is 1.92. The standard InChI is InChI=1S/C11H16N2/c1-7(2)11-9-4-5-12-10(9)6-8(3)13-11/h4-5,7-8,12H,6H2,1-3H3/t8-/m0/s1. The Morgan fingerprint density at radius 3 is 3.00 bits per heavy atom. The average molecular weight is 176 g/mol. The zero-order valence-corrected chi connectivity index (χ0v) is 8.46. The summed E-state index contributed by atoms with van der Waals surface area (Å²) in [5.41, 5.74) is 3.94. The van der Waals surface area contributed by atoms with Crippen molar-refractivity contribution < 1.29 is 0 Å². The highest BCUT2D eigenvalue weighted by molar-refractivity contribution is 6.03. The van der Waals surface area contributed by atoms with E-state index in [1.54, 1.807) is 0 Å². The van der Waals surface area contributed by atoms with E-state index in [1.165, 1.54) is 17.0 Å². The van der Waals surface area contributed by atoms with Crippen molar-refractivity contribution in [3.05, 3.63) is 23.5 Å². The Morgan fingerprint density at radius 2 is 2.31 bits per heavy atom.